The molecule has 12 heteroatoms. The van der Waals surface area contributed by atoms with Crippen LogP contribution in [-0.4, -0.2) is 35.9 Å². The average molecular weight is 701 g/mol. The maximum absolute atomic E-state index is 13.6. The van der Waals surface area contributed by atoms with Crippen LogP contribution < -0.4 is 14.4 Å². The second kappa shape index (κ2) is 14.1. The first-order valence-electron chi connectivity index (χ1n) is 15.0. The van der Waals surface area contributed by atoms with E-state index in [1.165, 1.54) is 6.08 Å². The van der Waals surface area contributed by atoms with E-state index in [-0.39, 0.29) is 18.9 Å². The second-order valence-corrected chi connectivity index (χ2v) is 12.8. The van der Waals surface area contributed by atoms with E-state index in [0.29, 0.717) is 35.8 Å². The third kappa shape index (κ3) is 7.85. The van der Waals surface area contributed by atoms with Gasteiger partial charge >= 0.3 is 12.1 Å². The fraction of sp³-hybridized carbons (Fsp3) is 0.286. The molecule has 1 atom stereocenters. The number of benzene rings is 3. The molecule has 1 aliphatic heterocycles. The lowest BCUT2D eigenvalue weighted by Gasteiger charge is -2.37. The molecule has 0 saturated heterocycles. The highest BCUT2D eigenvalue weighted by Crippen LogP contribution is 2.43. The Bertz CT molecular complexity index is 1870. The number of azide groups is 1. The van der Waals surface area contributed by atoms with Crippen LogP contribution in [0.4, 0.5) is 10.5 Å². The van der Waals surface area contributed by atoms with E-state index >= 15 is 0 Å². The smallest absolute Gasteiger partial charge is 0.419 e. The molecule has 11 nitrogen and oxygen atoms in total. The number of fused-ring (bicyclic) bond motifs is 2. The zero-order valence-corrected chi connectivity index (χ0v) is 28.1. The molecule has 1 aliphatic rings. The number of hydrogen-bond donors (Lipinski definition) is 0. The number of hydrogen-bond acceptors (Lipinski definition) is 8. The minimum atomic E-state index is -1.26. The molecule has 5 rings (SSSR count). The van der Waals surface area contributed by atoms with Gasteiger partial charge in [-0.25, -0.2) is 14.5 Å². The van der Waals surface area contributed by atoms with Crippen LogP contribution in [-0.2, 0) is 26.4 Å². The Balaban J connectivity index is 1.32. The maximum atomic E-state index is 13.6. The highest BCUT2D eigenvalue weighted by Gasteiger charge is 2.41. The Hall–Kier alpha value is -5.06. The average Bonchev–Trinajstić information content (AvgIpc) is 3.03. The van der Waals surface area contributed by atoms with Crippen molar-refractivity contribution in [3.8, 4) is 11.5 Å². The van der Waals surface area contributed by atoms with E-state index in [9.17, 15) is 15.1 Å². The molecular weight excluding hydrogens is 666 g/mol. The molecule has 47 heavy (non-hydrogen) atoms. The van der Waals surface area contributed by atoms with Crippen LogP contribution in [0.15, 0.2) is 100 Å². The van der Waals surface area contributed by atoms with Crippen molar-refractivity contribution in [1.82, 2.24) is 4.98 Å². The van der Waals surface area contributed by atoms with Gasteiger partial charge in [0.05, 0.1) is 30.0 Å². The molecule has 1 aromatic heterocycles. The van der Waals surface area contributed by atoms with Crippen LogP contribution in [0.1, 0.15) is 45.2 Å². The number of nitrogens with zero attached hydrogens (tertiary/aromatic N) is 5. The lowest BCUT2D eigenvalue weighted by Crippen LogP contribution is -2.43. The summed E-state index contributed by atoms with van der Waals surface area (Å²) in [5.74, 6) is 0.288. The molecule has 0 unspecified atom stereocenters. The number of carbonyl (C=O) groups is 2. The molecule has 2 heterocycles. The van der Waals surface area contributed by atoms with Gasteiger partial charge in [0.15, 0.2) is 11.5 Å². The normalized spacial score (nSPS) is 15.6. The Morgan fingerprint density at radius 3 is 2.51 bits per heavy atom. The Morgan fingerprint density at radius 1 is 1.02 bits per heavy atom. The van der Waals surface area contributed by atoms with E-state index in [1.54, 1.807) is 58.2 Å². The Labute approximate surface area is 280 Å². The number of aromatic nitrogens is 1. The van der Waals surface area contributed by atoms with Crippen LogP contribution in [0.2, 0.25) is 0 Å². The van der Waals surface area contributed by atoms with Crippen LogP contribution in [0.5, 0.6) is 11.5 Å². The first-order valence-corrected chi connectivity index (χ1v) is 15.7. The molecule has 0 bridgehead atoms. The van der Waals surface area contributed by atoms with Gasteiger partial charge in [-0.05, 0) is 90.6 Å². The van der Waals surface area contributed by atoms with Crippen molar-refractivity contribution >= 4 is 44.6 Å². The number of pyridine rings is 1. The van der Waals surface area contributed by atoms with Crippen LogP contribution >= 0.6 is 15.9 Å². The topological polar surface area (TPSA) is 136 Å². The molecule has 4 aromatic rings. The molecular formula is C35H34BrN5O6. The number of anilines is 1. The lowest BCUT2D eigenvalue weighted by molar-refractivity contribution is -0.139. The lowest BCUT2D eigenvalue weighted by atomic mass is 9.86. The van der Waals surface area contributed by atoms with Crippen LogP contribution in [0, 0.1) is 0 Å². The predicted octanol–water partition coefficient (Wildman–Crippen LogP) is 8.75. The molecule has 0 N–H and O–H groups in total. The predicted molar refractivity (Wildman–Crippen MR) is 181 cm³/mol. The van der Waals surface area contributed by atoms with Gasteiger partial charge in [-0.3, -0.25) is 4.98 Å². The number of rotatable bonds is 10. The van der Waals surface area contributed by atoms with Gasteiger partial charge in [0.2, 0.25) is 0 Å². The van der Waals surface area contributed by atoms with E-state index in [0.717, 1.165) is 25.8 Å². The molecule has 1 amide bonds. The summed E-state index contributed by atoms with van der Waals surface area (Å²) in [6.07, 6.45) is 2.70. The van der Waals surface area contributed by atoms with E-state index in [4.69, 9.17) is 18.9 Å². The largest absolute Gasteiger partial charge is 0.489 e. The second-order valence-electron chi connectivity index (χ2n) is 11.9. The number of amides is 1. The first-order chi connectivity index (χ1) is 22.5. The molecule has 0 fully saturated rings. The molecule has 0 radical (unpaired) electrons. The van der Waals surface area contributed by atoms with Gasteiger partial charge < -0.3 is 18.9 Å². The van der Waals surface area contributed by atoms with Crippen molar-refractivity contribution in [2.24, 2.45) is 5.11 Å². The summed E-state index contributed by atoms with van der Waals surface area (Å²) in [5.41, 5.74) is 9.76. The minimum absolute atomic E-state index is 0.0227. The molecule has 0 aliphatic carbocycles. The van der Waals surface area contributed by atoms with Crippen molar-refractivity contribution in [2.45, 2.75) is 51.9 Å². The fourth-order valence-electron chi connectivity index (χ4n) is 5.06. The van der Waals surface area contributed by atoms with Gasteiger partial charge in [0, 0.05) is 27.4 Å². The van der Waals surface area contributed by atoms with Gasteiger partial charge in [0.25, 0.3) is 0 Å². The summed E-state index contributed by atoms with van der Waals surface area (Å²) in [6.45, 7) is 7.37. The first kappa shape index (κ1) is 33.3. The number of ether oxygens (including phenoxy) is 4. The summed E-state index contributed by atoms with van der Waals surface area (Å²) in [5, 5.41) is 4.71. The quantitative estimate of drug-likeness (QED) is 0.0531. The zero-order valence-electron chi connectivity index (χ0n) is 26.5. The molecule has 0 spiro atoms. The van der Waals surface area contributed by atoms with Crippen LogP contribution in [0.3, 0.4) is 0 Å². The summed E-state index contributed by atoms with van der Waals surface area (Å²) >= 11 is 3.49. The Morgan fingerprint density at radius 2 is 1.77 bits per heavy atom. The summed E-state index contributed by atoms with van der Waals surface area (Å²) in [6, 6.07) is 22.3. The maximum Gasteiger partial charge on any atom is 0.419 e. The standard InChI is InChI=1S/C35H34BrN5O6/c1-34(2,3)47-33(43)41-28-14-9-8-13-26(28)35(4,39-40-37)20-29(41)32(42)45-18-10-17-44-31-25-19-24(36)21-38-27(25)15-16-30(31)46-22-23-11-6-5-7-12-23/h5-9,11-16,19-21H,10,17-18,22H2,1-4H3/t35-/m0/s1. The number of halogens is 1. The highest BCUT2D eigenvalue weighted by molar-refractivity contribution is 9.10. The zero-order chi connectivity index (χ0) is 33.6. The third-order valence-corrected chi connectivity index (χ3v) is 7.57. The van der Waals surface area contributed by atoms with Gasteiger partial charge in [-0.15, -0.1) is 0 Å². The van der Waals surface area contributed by atoms with Crippen molar-refractivity contribution in [1.29, 1.82) is 0 Å². The van der Waals surface area contributed by atoms with E-state index in [1.807, 2.05) is 48.5 Å². The van der Waals surface area contributed by atoms with E-state index in [2.05, 4.69) is 30.9 Å². The summed E-state index contributed by atoms with van der Waals surface area (Å²) < 4.78 is 24.4. The molecule has 3 aromatic carbocycles. The van der Waals surface area contributed by atoms with Gasteiger partial charge in [0.1, 0.15) is 17.9 Å². The third-order valence-electron chi connectivity index (χ3n) is 7.14. The number of esters is 1. The van der Waals surface area contributed by atoms with E-state index < -0.39 is 23.2 Å². The van der Waals surface area contributed by atoms with Crippen molar-refractivity contribution in [3.05, 3.63) is 117 Å². The van der Waals surface area contributed by atoms with Gasteiger partial charge in [-0.1, -0.05) is 53.6 Å². The highest BCUT2D eigenvalue weighted by atomic mass is 79.9. The number of para-hydroxylation sites is 1. The van der Waals surface area contributed by atoms with Crippen molar-refractivity contribution in [3.63, 3.8) is 0 Å². The van der Waals surface area contributed by atoms with Gasteiger partial charge in [-0.2, -0.15) is 0 Å². The molecule has 0 saturated carbocycles. The van der Waals surface area contributed by atoms with Crippen molar-refractivity contribution in [2.75, 3.05) is 18.1 Å². The minimum Gasteiger partial charge on any atom is -0.489 e. The Kier molecular flexibility index (Phi) is 10.0. The molecule has 242 valence electrons. The van der Waals surface area contributed by atoms with Crippen LogP contribution in [0.25, 0.3) is 21.3 Å². The fourth-order valence-corrected chi connectivity index (χ4v) is 5.39. The monoisotopic (exact) mass is 699 g/mol. The van der Waals surface area contributed by atoms with Crippen molar-refractivity contribution < 1.29 is 28.5 Å². The summed E-state index contributed by atoms with van der Waals surface area (Å²) in [7, 11) is 0. The number of carbonyl (C=O) groups excluding carboxylic acids is 2. The SMILES string of the molecule is CC(C)(C)OC(=O)N1C(C(=O)OCCCOc2c(OCc3ccccc3)ccc3ncc(Br)cc23)=C[C@](C)(N=[N+]=[N-])c2ccccc21. The summed E-state index contributed by atoms with van der Waals surface area (Å²) in [4.78, 5) is 35.6.